The SMILES string of the molecule is Cc1cc(NS(=O)(=O)CCC(C)C)sc1C(=O)O. The molecule has 0 unspecified atom stereocenters. The molecule has 0 spiro atoms. The van der Waals surface area contributed by atoms with Crippen LogP contribution in [0.1, 0.15) is 35.5 Å². The van der Waals surface area contributed by atoms with Crippen LogP contribution in [0.15, 0.2) is 6.07 Å². The molecule has 1 rings (SSSR count). The van der Waals surface area contributed by atoms with Crippen molar-refractivity contribution in [3.8, 4) is 0 Å². The van der Waals surface area contributed by atoms with E-state index in [1.807, 2.05) is 13.8 Å². The molecule has 1 heterocycles. The number of anilines is 1. The first-order valence-corrected chi connectivity index (χ1v) is 8.02. The Morgan fingerprint density at radius 1 is 1.50 bits per heavy atom. The topological polar surface area (TPSA) is 83.5 Å². The molecule has 0 aliphatic rings. The summed E-state index contributed by atoms with van der Waals surface area (Å²) in [5.41, 5.74) is 0.564. The zero-order valence-corrected chi connectivity index (χ0v) is 12.2. The summed E-state index contributed by atoms with van der Waals surface area (Å²) in [4.78, 5) is 11.0. The highest BCUT2D eigenvalue weighted by molar-refractivity contribution is 7.92. The Morgan fingerprint density at radius 2 is 2.11 bits per heavy atom. The van der Waals surface area contributed by atoms with E-state index in [1.165, 1.54) is 0 Å². The average molecular weight is 291 g/mol. The molecule has 0 aliphatic heterocycles. The van der Waals surface area contributed by atoms with Gasteiger partial charge in [-0.2, -0.15) is 0 Å². The van der Waals surface area contributed by atoms with Crippen LogP contribution in [-0.2, 0) is 10.0 Å². The second kappa shape index (κ2) is 5.71. The van der Waals surface area contributed by atoms with Gasteiger partial charge in [0.05, 0.1) is 5.75 Å². The van der Waals surface area contributed by atoms with Crippen LogP contribution in [0, 0.1) is 12.8 Å². The molecule has 0 aliphatic carbocycles. The maximum absolute atomic E-state index is 11.7. The first kappa shape index (κ1) is 15.0. The second-order valence-electron chi connectivity index (χ2n) is 4.53. The third-order valence-electron chi connectivity index (χ3n) is 2.33. The quantitative estimate of drug-likeness (QED) is 0.843. The van der Waals surface area contributed by atoms with E-state index < -0.39 is 16.0 Å². The van der Waals surface area contributed by atoms with Gasteiger partial charge < -0.3 is 5.11 Å². The normalized spacial score (nSPS) is 11.8. The van der Waals surface area contributed by atoms with E-state index in [0.717, 1.165) is 11.3 Å². The van der Waals surface area contributed by atoms with Crippen molar-refractivity contribution in [3.63, 3.8) is 0 Å². The highest BCUT2D eigenvalue weighted by Crippen LogP contribution is 2.27. The van der Waals surface area contributed by atoms with E-state index in [0.29, 0.717) is 22.9 Å². The van der Waals surface area contributed by atoms with E-state index in [2.05, 4.69) is 4.72 Å². The summed E-state index contributed by atoms with van der Waals surface area (Å²) in [6, 6.07) is 1.54. The number of nitrogens with one attached hydrogen (secondary N) is 1. The zero-order valence-electron chi connectivity index (χ0n) is 10.6. The summed E-state index contributed by atoms with van der Waals surface area (Å²) in [6.07, 6.45) is 0.575. The minimum Gasteiger partial charge on any atom is -0.477 e. The largest absolute Gasteiger partial charge is 0.477 e. The van der Waals surface area contributed by atoms with E-state index in [4.69, 9.17) is 5.11 Å². The van der Waals surface area contributed by atoms with Crippen LogP contribution in [0.2, 0.25) is 0 Å². The molecule has 0 aromatic carbocycles. The van der Waals surface area contributed by atoms with E-state index in [-0.39, 0.29) is 10.6 Å². The minimum atomic E-state index is -3.39. The molecule has 0 radical (unpaired) electrons. The summed E-state index contributed by atoms with van der Waals surface area (Å²) in [5, 5.41) is 9.24. The molecule has 1 aromatic heterocycles. The van der Waals surface area contributed by atoms with E-state index >= 15 is 0 Å². The highest BCUT2D eigenvalue weighted by Gasteiger charge is 2.16. The lowest BCUT2D eigenvalue weighted by Crippen LogP contribution is -2.17. The van der Waals surface area contributed by atoms with Gasteiger partial charge in [0.15, 0.2) is 0 Å². The zero-order chi connectivity index (χ0) is 13.9. The van der Waals surface area contributed by atoms with Gasteiger partial charge in [-0.3, -0.25) is 4.72 Å². The second-order valence-corrected chi connectivity index (χ2v) is 7.43. The molecule has 0 saturated carbocycles. The lowest BCUT2D eigenvalue weighted by atomic mass is 10.2. The monoisotopic (exact) mass is 291 g/mol. The molecule has 0 fully saturated rings. The molecule has 0 atom stereocenters. The summed E-state index contributed by atoms with van der Waals surface area (Å²) in [7, 11) is -3.39. The summed E-state index contributed by atoms with van der Waals surface area (Å²) >= 11 is 0.939. The number of hydrogen-bond acceptors (Lipinski definition) is 4. The van der Waals surface area contributed by atoms with Crippen molar-refractivity contribution in [1.82, 2.24) is 0 Å². The van der Waals surface area contributed by atoms with E-state index in [9.17, 15) is 13.2 Å². The number of thiophene rings is 1. The fraction of sp³-hybridized carbons (Fsp3) is 0.545. The third-order valence-corrected chi connectivity index (χ3v) is 4.91. The molecule has 0 saturated heterocycles. The van der Waals surface area contributed by atoms with Crippen molar-refractivity contribution in [3.05, 3.63) is 16.5 Å². The van der Waals surface area contributed by atoms with E-state index in [1.54, 1.807) is 13.0 Å². The van der Waals surface area contributed by atoms with Gasteiger partial charge in [-0.15, -0.1) is 11.3 Å². The Bertz CT molecular complexity index is 531. The van der Waals surface area contributed by atoms with Crippen molar-refractivity contribution in [2.45, 2.75) is 27.2 Å². The van der Waals surface area contributed by atoms with Gasteiger partial charge in [0.2, 0.25) is 10.0 Å². The van der Waals surface area contributed by atoms with Crippen molar-refractivity contribution in [2.75, 3.05) is 10.5 Å². The highest BCUT2D eigenvalue weighted by atomic mass is 32.2. The first-order chi connectivity index (χ1) is 8.21. The first-order valence-electron chi connectivity index (χ1n) is 5.55. The van der Waals surface area contributed by atoms with Gasteiger partial charge in [0.25, 0.3) is 0 Å². The lowest BCUT2D eigenvalue weighted by molar-refractivity contribution is 0.0701. The van der Waals surface area contributed by atoms with Crippen LogP contribution < -0.4 is 4.72 Å². The van der Waals surface area contributed by atoms with Crippen LogP contribution in [0.4, 0.5) is 5.00 Å². The third kappa shape index (κ3) is 4.30. The number of carboxylic acid groups (broad SMARTS) is 1. The van der Waals surface area contributed by atoms with Gasteiger partial charge in [-0.25, -0.2) is 13.2 Å². The van der Waals surface area contributed by atoms with Crippen LogP contribution in [0.5, 0.6) is 0 Å². The molecule has 5 nitrogen and oxygen atoms in total. The minimum absolute atomic E-state index is 0.0457. The summed E-state index contributed by atoms with van der Waals surface area (Å²) in [6.45, 7) is 5.55. The predicted molar refractivity (Wildman–Crippen MR) is 72.9 cm³/mol. The van der Waals surface area contributed by atoms with Gasteiger partial charge in [-0.1, -0.05) is 13.8 Å². The summed E-state index contributed by atoms with van der Waals surface area (Å²) < 4.78 is 25.9. The average Bonchev–Trinajstić information content (AvgIpc) is 2.56. The Labute approximate surface area is 111 Å². The van der Waals surface area contributed by atoms with Crippen molar-refractivity contribution < 1.29 is 18.3 Å². The Balaban J connectivity index is 2.78. The number of aryl methyl sites for hydroxylation is 1. The van der Waals surface area contributed by atoms with Gasteiger partial charge in [0, 0.05) is 0 Å². The van der Waals surface area contributed by atoms with Gasteiger partial charge in [-0.05, 0) is 30.9 Å². The van der Waals surface area contributed by atoms with Gasteiger partial charge >= 0.3 is 5.97 Å². The van der Waals surface area contributed by atoms with Crippen LogP contribution in [0.25, 0.3) is 0 Å². The number of aromatic carboxylic acids is 1. The number of carboxylic acids is 1. The molecular formula is C11H17NO4S2. The summed E-state index contributed by atoms with van der Waals surface area (Å²) in [5.74, 6) is -0.685. The molecule has 1 aromatic rings. The van der Waals surface area contributed by atoms with Gasteiger partial charge in [0.1, 0.15) is 9.88 Å². The molecular weight excluding hydrogens is 274 g/mol. The Hall–Kier alpha value is -1.08. The van der Waals surface area contributed by atoms with Crippen molar-refractivity contribution in [2.24, 2.45) is 5.92 Å². The Morgan fingerprint density at radius 3 is 2.56 bits per heavy atom. The van der Waals surface area contributed by atoms with Crippen molar-refractivity contribution in [1.29, 1.82) is 0 Å². The fourth-order valence-electron chi connectivity index (χ4n) is 1.34. The maximum atomic E-state index is 11.7. The molecule has 0 bridgehead atoms. The molecule has 7 heteroatoms. The number of sulfonamides is 1. The maximum Gasteiger partial charge on any atom is 0.346 e. The van der Waals surface area contributed by atoms with Crippen LogP contribution in [0.3, 0.4) is 0 Å². The number of carbonyl (C=O) groups is 1. The van der Waals surface area contributed by atoms with Crippen molar-refractivity contribution >= 4 is 32.3 Å². The lowest BCUT2D eigenvalue weighted by Gasteiger charge is -2.07. The van der Waals surface area contributed by atoms with Crippen LogP contribution >= 0.6 is 11.3 Å². The smallest absolute Gasteiger partial charge is 0.346 e. The standard InChI is InChI=1S/C11H17NO4S2/c1-7(2)4-5-18(15,16)12-9-6-8(3)10(17-9)11(13)14/h6-7,12H,4-5H2,1-3H3,(H,13,14). The number of rotatable bonds is 6. The Kier molecular flexibility index (Phi) is 4.75. The fourth-order valence-corrected chi connectivity index (χ4v) is 3.90. The molecule has 0 amide bonds. The van der Waals surface area contributed by atoms with Crippen LogP contribution in [-0.4, -0.2) is 25.2 Å². The molecule has 2 N–H and O–H groups in total. The molecule has 18 heavy (non-hydrogen) atoms. The number of hydrogen-bond donors (Lipinski definition) is 2. The molecule has 102 valence electrons. The predicted octanol–water partition coefficient (Wildman–Crippen LogP) is 2.54.